The first-order chi connectivity index (χ1) is 9.02. The molecular weight excluding hydrogens is 244 g/mol. The van der Waals surface area contributed by atoms with E-state index < -0.39 is 0 Å². The molecule has 0 aliphatic heterocycles. The van der Waals surface area contributed by atoms with Crippen LogP contribution in [0.2, 0.25) is 0 Å². The maximum atomic E-state index is 11.7. The summed E-state index contributed by atoms with van der Waals surface area (Å²) in [4.78, 5) is 27.1. The molecule has 0 saturated carbocycles. The van der Waals surface area contributed by atoms with E-state index in [-0.39, 0.29) is 30.8 Å². The highest BCUT2D eigenvalue weighted by Gasteiger charge is 2.08. The molecular formula is C13H20N4O2. The van der Waals surface area contributed by atoms with Crippen LogP contribution in [0.15, 0.2) is 18.3 Å². The van der Waals surface area contributed by atoms with Crippen molar-refractivity contribution < 1.29 is 9.59 Å². The van der Waals surface area contributed by atoms with Crippen LogP contribution in [0.4, 0.5) is 0 Å². The van der Waals surface area contributed by atoms with Crippen molar-refractivity contribution in [2.45, 2.75) is 32.9 Å². The van der Waals surface area contributed by atoms with E-state index in [1.54, 1.807) is 18.3 Å². The van der Waals surface area contributed by atoms with Gasteiger partial charge in [0.1, 0.15) is 5.69 Å². The molecule has 0 saturated heterocycles. The van der Waals surface area contributed by atoms with Gasteiger partial charge in [0.25, 0.3) is 5.91 Å². The van der Waals surface area contributed by atoms with Gasteiger partial charge in [-0.15, -0.1) is 0 Å². The molecule has 0 radical (unpaired) electrons. The van der Waals surface area contributed by atoms with Gasteiger partial charge in [-0.1, -0.05) is 6.07 Å². The molecule has 4 N–H and O–H groups in total. The molecule has 0 atom stereocenters. The predicted molar refractivity (Wildman–Crippen MR) is 72.4 cm³/mol. The molecule has 0 bridgehead atoms. The van der Waals surface area contributed by atoms with Crippen molar-refractivity contribution in [3.8, 4) is 0 Å². The Morgan fingerprint density at radius 2 is 2.11 bits per heavy atom. The average molecular weight is 264 g/mol. The van der Waals surface area contributed by atoms with Crippen LogP contribution >= 0.6 is 0 Å². The van der Waals surface area contributed by atoms with E-state index in [9.17, 15) is 9.59 Å². The lowest BCUT2D eigenvalue weighted by molar-refractivity contribution is -0.121. The second kappa shape index (κ2) is 7.48. The minimum absolute atomic E-state index is 0.0817. The van der Waals surface area contributed by atoms with Gasteiger partial charge in [-0.2, -0.15) is 0 Å². The average Bonchev–Trinajstić information content (AvgIpc) is 2.37. The van der Waals surface area contributed by atoms with Crippen LogP contribution in [0.5, 0.6) is 0 Å². The van der Waals surface area contributed by atoms with Gasteiger partial charge in [0.15, 0.2) is 0 Å². The number of pyridine rings is 1. The molecule has 0 unspecified atom stereocenters. The molecule has 0 fully saturated rings. The number of nitrogens with two attached hydrogens (primary N) is 1. The Bertz CT molecular complexity index is 429. The van der Waals surface area contributed by atoms with Crippen LogP contribution in [-0.4, -0.2) is 29.4 Å². The monoisotopic (exact) mass is 264 g/mol. The van der Waals surface area contributed by atoms with Crippen molar-refractivity contribution in [3.05, 3.63) is 29.6 Å². The van der Waals surface area contributed by atoms with E-state index in [4.69, 9.17) is 5.73 Å². The topological polar surface area (TPSA) is 97.1 Å². The summed E-state index contributed by atoms with van der Waals surface area (Å²) >= 11 is 0. The van der Waals surface area contributed by atoms with Gasteiger partial charge in [-0.3, -0.25) is 14.6 Å². The first-order valence-electron chi connectivity index (χ1n) is 6.25. The third-order valence-electron chi connectivity index (χ3n) is 2.38. The van der Waals surface area contributed by atoms with Gasteiger partial charge in [0, 0.05) is 31.7 Å². The van der Waals surface area contributed by atoms with E-state index in [1.807, 2.05) is 13.8 Å². The van der Waals surface area contributed by atoms with Crippen LogP contribution in [0.25, 0.3) is 0 Å². The fraction of sp³-hybridized carbons (Fsp3) is 0.462. The Hall–Kier alpha value is -1.95. The Morgan fingerprint density at radius 3 is 2.63 bits per heavy atom. The summed E-state index contributed by atoms with van der Waals surface area (Å²) < 4.78 is 0. The number of rotatable bonds is 6. The van der Waals surface area contributed by atoms with E-state index in [1.165, 1.54) is 0 Å². The van der Waals surface area contributed by atoms with Crippen molar-refractivity contribution in [2.24, 2.45) is 5.73 Å². The molecule has 1 aromatic rings. The predicted octanol–water partition coefficient (Wildman–Crippen LogP) is 0.185. The van der Waals surface area contributed by atoms with E-state index in [2.05, 4.69) is 15.6 Å². The molecule has 6 nitrogen and oxygen atoms in total. The zero-order valence-electron chi connectivity index (χ0n) is 11.3. The molecule has 0 aliphatic carbocycles. The molecule has 6 heteroatoms. The smallest absolute Gasteiger partial charge is 0.269 e. The Labute approximate surface area is 112 Å². The van der Waals surface area contributed by atoms with E-state index >= 15 is 0 Å². The Kier molecular flexibility index (Phi) is 5.95. The first kappa shape index (κ1) is 15.1. The second-order valence-corrected chi connectivity index (χ2v) is 4.48. The number of nitrogens with zero attached hydrogens (tertiary/aromatic N) is 1. The van der Waals surface area contributed by atoms with Gasteiger partial charge in [-0.25, -0.2) is 0 Å². The van der Waals surface area contributed by atoms with Crippen LogP contribution in [0, 0.1) is 0 Å². The summed E-state index contributed by atoms with van der Waals surface area (Å²) in [5.74, 6) is -0.373. The van der Waals surface area contributed by atoms with Crippen molar-refractivity contribution in [3.63, 3.8) is 0 Å². The van der Waals surface area contributed by atoms with Crippen LogP contribution < -0.4 is 16.4 Å². The lowest BCUT2D eigenvalue weighted by Gasteiger charge is -2.08. The normalized spacial score (nSPS) is 10.3. The SMILES string of the molecule is CC(C)NC(=O)CCNC(=O)c1ccc(CN)cn1. The Balaban J connectivity index is 2.36. The summed E-state index contributed by atoms with van der Waals surface area (Å²) in [6.45, 7) is 4.46. The molecule has 1 heterocycles. The largest absolute Gasteiger partial charge is 0.354 e. The lowest BCUT2D eigenvalue weighted by atomic mass is 10.2. The number of hydrogen-bond donors (Lipinski definition) is 3. The summed E-state index contributed by atoms with van der Waals surface area (Å²) in [5, 5.41) is 5.40. The minimum atomic E-state index is -0.291. The van der Waals surface area contributed by atoms with Gasteiger partial charge < -0.3 is 16.4 Å². The van der Waals surface area contributed by atoms with Crippen molar-refractivity contribution in [1.82, 2.24) is 15.6 Å². The third kappa shape index (κ3) is 5.48. The standard InChI is InChI=1S/C13H20N4O2/c1-9(2)17-12(18)5-6-15-13(19)11-4-3-10(7-14)8-16-11/h3-4,8-9H,5-7,14H2,1-2H3,(H,15,19)(H,17,18). The van der Waals surface area contributed by atoms with Gasteiger partial charge >= 0.3 is 0 Å². The number of hydrogen-bond acceptors (Lipinski definition) is 4. The summed E-state index contributed by atoms with van der Waals surface area (Å²) in [6.07, 6.45) is 1.82. The molecule has 19 heavy (non-hydrogen) atoms. The molecule has 0 spiro atoms. The third-order valence-corrected chi connectivity index (χ3v) is 2.38. The minimum Gasteiger partial charge on any atom is -0.354 e. The van der Waals surface area contributed by atoms with Crippen LogP contribution in [0.3, 0.4) is 0 Å². The summed E-state index contributed by atoms with van der Waals surface area (Å²) in [7, 11) is 0. The molecule has 1 aromatic heterocycles. The summed E-state index contributed by atoms with van der Waals surface area (Å²) in [6, 6.07) is 3.48. The zero-order chi connectivity index (χ0) is 14.3. The maximum Gasteiger partial charge on any atom is 0.269 e. The van der Waals surface area contributed by atoms with Gasteiger partial charge in [0.05, 0.1) is 0 Å². The lowest BCUT2D eigenvalue weighted by Crippen LogP contribution is -2.34. The van der Waals surface area contributed by atoms with Crippen LogP contribution in [0.1, 0.15) is 36.3 Å². The maximum absolute atomic E-state index is 11.7. The number of amides is 2. The molecule has 0 aromatic carbocycles. The second-order valence-electron chi connectivity index (χ2n) is 4.48. The quantitative estimate of drug-likeness (QED) is 0.683. The fourth-order valence-electron chi connectivity index (χ4n) is 1.45. The van der Waals surface area contributed by atoms with E-state index in [0.717, 1.165) is 5.56 Å². The highest BCUT2D eigenvalue weighted by molar-refractivity contribution is 5.92. The number of aromatic nitrogens is 1. The zero-order valence-corrected chi connectivity index (χ0v) is 11.3. The highest BCUT2D eigenvalue weighted by Crippen LogP contribution is 1.99. The molecule has 104 valence electrons. The molecule has 2 amide bonds. The number of nitrogens with one attached hydrogen (secondary N) is 2. The Morgan fingerprint density at radius 1 is 1.37 bits per heavy atom. The van der Waals surface area contributed by atoms with E-state index in [0.29, 0.717) is 12.2 Å². The molecule has 0 aliphatic rings. The van der Waals surface area contributed by atoms with Gasteiger partial charge in [-0.05, 0) is 25.5 Å². The highest BCUT2D eigenvalue weighted by atomic mass is 16.2. The number of carbonyl (C=O) groups excluding carboxylic acids is 2. The van der Waals surface area contributed by atoms with Gasteiger partial charge in [0.2, 0.25) is 5.91 Å². The van der Waals surface area contributed by atoms with Crippen molar-refractivity contribution in [2.75, 3.05) is 6.54 Å². The van der Waals surface area contributed by atoms with Crippen LogP contribution in [-0.2, 0) is 11.3 Å². The number of carbonyl (C=O) groups is 2. The van der Waals surface area contributed by atoms with Crippen molar-refractivity contribution in [1.29, 1.82) is 0 Å². The molecule has 1 rings (SSSR count). The van der Waals surface area contributed by atoms with Crippen molar-refractivity contribution >= 4 is 11.8 Å². The summed E-state index contributed by atoms with van der Waals surface area (Å²) in [5.41, 5.74) is 6.63. The fourth-order valence-corrected chi connectivity index (χ4v) is 1.45. The first-order valence-corrected chi connectivity index (χ1v) is 6.25.